The summed E-state index contributed by atoms with van der Waals surface area (Å²) in [4.78, 5) is 21.6. The summed E-state index contributed by atoms with van der Waals surface area (Å²) in [6.07, 6.45) is 8.20. The second kappa shape index (κ2) is 8.28. The van der Waals surface area contributed by atoms with Gasteiger partial charge in [-0.1, -0.05) is 24.1 Å². The van der Waals surface area contributed by atoms with E-state index < -0.39 is 0 Å². The lowest BCUT2D eigenvalue weighted by Gasteiger charge is -2.36. The van der Waals surface area contributed by atoms with Crippen molar-refractivity contribution in [2.24, 2.45) is 0 Å². The largest absolute Gasteiger partial charge is 0.456 e. The Morgan fingerprint density at radius 2 is 1.93 bits per heavy atom. The van der Waals surface area contributed by atoms with Gasteiger partial charge in [0.25, 0.3) is 5.91 Å². The molecule has 27 heavy (non-hydrogen) atoms. The van der Waals surface area contributed by atoms with E-state index in [2.05, 4.69) is 9.88 Å². The molecule has 2 aromatic rings. The standard InChI is InChI=1S/C21H24ClN3O2/c22-17-4-1-7-19(13-17)27-20-12-16(14-23-15-20)21(26)25-9-3-8-24(10-11-25)18-5-2-6-18/h1,4,7,12-15,18H,2-3,5-6,8-11H2. The van der Waals surface area contributed by atoms with Crippen molar-refractivity contribution in [2.75, 3.05) is 26.2 Å². The van der Waals surface area contributed by atoms with Crippen LogP contribution in [0.15, 0.2) is 42.7 Å². The molecule has 2 heterocycles. The molecule has 0 radical (unpaired) electrons. The van der Waals surface area contributed by atoms with Gasteiger partial charge in [0.15, 0.2) is 0 Å². The number of pyridine rings is 1. The summed E-state index contributed by atoms with van der Waals surface area (Å²) >= 11 is 6.00. The molecule has 6 heteroatoms. The second-order valence-electron chi connectivity index (χ2n) is 7.24. The normalized spacial score (nSPS) is 18.6. The molecule has 1 saturated heterocycles. The van der Waals surface area contributed by atoms with Crippen LogP contribution in [0.25, 0.3) is 0 Å². The predicted molar refractivity (Wildman–Crippen MR) is 105 cm³/mol. The minimum absolute atomic E-state index is 0.0227. The first kappa shape index (κ1) is 18.3. The van der Waals surface area contributed by atoms with Gasteiger partial charge in [0.1, 0.15) is 11.5 Å². The maximum Gasteiger partial charge on any atom is 0.255 e. The average Bonchev–Trinajstić information content (AvgIpc) is 2.86. The fraction of sp³-hybridized carbons (Fsp3) is 0.429. The minimum Gasteiger partial charge on any atom is -0.456 e. The molecule has 1 saturated carbocycles. The molecule has 4 rings (SSSR count). The van der Waals surface area contributed by atoms with E-state index in [1.54, 1.807) is 30.6 Å². The fourth-order valence-corrected chi connectivity index (χ4v) is 3.88. The van der Waals surface area contributed by atoms with Crippen LogP contribution in [0.4, 0.5) is 0 Å². The molecule has 0 spiro atoms. The highest BCUT2D eigenvalue weighted by Gasteiger charge is 2.28. The summed E-state index contributed by atoms with van der Waals surface area (Å²) < 4.78 is 5.81. The van der Waals surface area contributed by atoms with Crippen LogP contribution in [0.3, 0.4) is 0 Å². The third kappa shape index (κ3) is 4.42. The Morgan fingerprint density at radius 3 is 2.70 bits per heavy atom. The van der Waals surface area contributed by atoms with Crippen molar-refractivity contribution < 1.29 is 9.53 Å². The maximum atomic E-state index is 13.0. The zero-order valence-electron chi connectivity index (χ0n) is 15.3. The number of carbonyl (C=O) groups is 1. The average molecular weight is 386 g/mol. The number of halogens is 1. The molecule has 5 nitrogen and oxygen atoms in total. The van der Waals surface area contributed by atoms with E-state index in [1.165, 1.54) is 19.3 Å². The summed E-state index contributed by atoms with van der Waals surface area (Å²) in [6, 6.07) is 9.66. The van der Waals surface area contributed by atoms with Crippen molar-refractivity contribution in [3.63, 3.8) is 0 Å². The molecular weight excluding hydrogens is 362 g/mol. The second-order valence-corrected chi connectivity index (χ2v) is 7.67. The maximum absolute atomic E-state index is 13.0. The fourth-order valence-electron chi connectivity index (χ4n) is 3.70. The van der Waals surface area contributed by atoms with E-state index in [-0.39, 0.29) is 5.91 Å². The Morgan fingerprint density at radius 1 is 1.04 bits per heavy atom. The number of hydrogen-bond acceptors (Lipinski definition) is 4. The molecule has 1 aromatic heterocycles. The van der Waals surface area contributed by atoms with Gasteiger partial charge in [-0.05, 0) is 43.5 Å². The van der Waals surface area contributed by atoms with Crippen molar-refractivity contribution in [1.82, 2.24) is 14.8 Å². The van der Waals surface area contributed by atoms with Crippen molar-refractivity contribution >= 4 is 17.5 Å². The van der Waals surface area contributed by atoms with Crippen LogP contribution >= 0.6 is 11.6 Å². The monoisotopic (exact) mass is 385 g/mol. The SMILES string of the molecule is O=C(c1cncc(Oc2cccc(Cl)c2)c1)N1CCCN(C2CCC2)CC1. The minimum atomic E-state index is 0.0227. The Balaban J connectivity index is 1.42. The van der Waals surface area contributed by atoms with Crippen molar-refractivity contribution in [3.8, 4) is 11.5 Å². The van der Waals surface area contributed by atoms with Crippen LogP contribution in [0.1, 0.15) is 36.0 Å². The molecule has 0 atom stereocenters. The van der Waals surface area contributed by atoms with Crippen LogP contribution in [-0.4, -0.2) is 52.9 Å². The summed E-state index contributed by atoms with van der Waals surface area (Å²) in [6.45, 7) is 3.61. The zero-order valence-corrected chi connectivity index (χ0v) is 16.1. The van der Waals surface area contributed by atoms with E-state index in [1.807, 2.05) is 17.0 Å². The summed E-state index contributed by atoms with van der Waals surface area (Å²) in [5.41, 5.74) is 0.562. The van der Waals surface area contributed by atoms with Crippen LogP contribution in [0.5, 0.6) is 11.5 Å². The lowest BCUT2D eigenvalue weighted by atomic mass is 9.91. The van der Waals surface area contributed by atoms with Gasteiger partial charge in [-0.3, -0.25) is 14.7 Å². The van der Waals surface area contributed by atoms with E-state index in [0.717, 1.165) is 38.6 Å². The topological polar surface area (TPSA) is 45.7 Å². The van der Waals surface area contributed by atoms with Gasteiger partial charge in [-0.2, -0.15) is 0 Å². The number of nitrogens with zero attached hydrogens (tertiary/aromatic N) is 3. The van der Waals surface area contributed by atoms with Gasteiger partial charge in [-0.25, -0.2) is 0 Å². The lowest BCUT2D eigenvalue weighted by Crippen LogP contribution is -2.42. The number of hydrogen-bond donors (Lipinski definition) is 0. The first-order valence-corrected chi connectivity index (χ1v) is 9.98. The molecule has 2 fully saturated rings. The summed E-state index contributed by atoms with van der Waals surface area (Å²) in [5.74, 6) is 1.18. The van der Waals surface area contributed by atoms with Gasteiger partial charge in [0, 0.05) is 43.4 Å². The third-order valence-corrected chi connectivity index (χ3v) is 5.64. The van der Waals surface area contributed by atoms with Gasteiger partial charge in [0.2, 0.25) is 0 Å². The molecule has 1 aliphatic heterocycles. The first-order chi connectivity index (χ1) is 13.2. The number of aromatic nitrogens is 1. The molecule has 0 N–H and O–H groups in total. The summed E-state index contributed by atoms with van der Waals surface area (Å²) in [7, 11) is 0. The molecule has 1 aromatic carbocycles. The zero-order chi connectivity index (χ0) is 18.6. The van der Waals surface area contributed by atoms with Crippen molar-refractivity contribution in [1.29, 1.82) is 0 Å². The molecule has 0 bridgehead atoms. The Bertz CT molecular complexity index is 810. The quantitative estimate of drug-likeness (QED) is 0.790. The van der Waals surface area contributed by atoms with E-state index >= 15 is 0 Å². The Hall–Kier alpha value is -2.11. The number of ether oxygens (including phenoxy) is 1. The van der Waals surface area contributed by atoms with Gasteiger partial charge >= 0.3 is 0 Å². The molecule has 1 amide bonds. The van der Waals surface area contributed by atoms with Crippen LogP contribution < -0.4 is 4.74 Å². The van der Waals surface area contributed by atoms with Gasteiger partial charge < -0.3 is 9.64 Å². The lowest BCUT2D eigenvalue weighted by molar-refractivity contribution is 0.0749. The summed E-state index contributed by atoms with van der Waals surface area (Å²) in [5, 5.41) is 0.605. The van der Waals surface area contributed by atoms with Crippen molar-refractivity contribution in [3.05, 3.63) is 53.3 Å². The Labute approximate surface area is 164 Å². The van der Waals surface area contributed by atoms with E-state index in [4.69, 9.17) is 16.3 Å². The number of rotatable bonds is 4. The number of benzene rings is 1. The van der Waals surface area contributed by atoms with Crippen LogP contribution in [0.2, 0.25) is 5.02 Å². The van der Waals surface area contributed by atoms with Gasteiger partial charge in [0.05, 0.1) is 11.8 Å². The molecule has 2 aliphatic rings. The Kier molecular flexibility index (Phi) is 5.60. The smallest absolute Gasteiger partial charge is 0.255 e. The van der Waals surface area contributed by atoms with Crippen LogP contribution in [-0.2, 0) is 0 Å². The van der Waals surface area contributed by atoms with Crippen LogP contribution in [0, 0.1) is 0 Å². The number of amides is 1. The van der Waals surface area contributed by atoms with E-state index in [9.17, 15) is 4.79 Å². The van der Waals surface area contributed by atoms with Gasteiger partial charge in [-0.15, -0.1) is 0 Å². The van der Waals surface area contributed by atoms with E-state index in [0.29, 0.717) is 22.1 Å². The highest BCUT2D eigenvalue weighted by molar-refractivity contribution is 6.30. The highest BCUT2D eigenvalue weighted by atomic mass is 35.5. The van der Waals surface area contributed by atoms with Crippen molar-refractivity contribution in [2.45, 2.75) is 31.7 Å². The number of carbonyl (C=O) groups excluding carboxylic acids is 1. The molecule has 142 valence electrons. The molecule has 1 aliphatic carbocycles. The third-order valence-electron chi connectivity index (χ3n) is 5.40. The highest BCUT2D eigenvalue weighted by Crippen LogP contribution is 2.27. The predicted octanol–water partition coefficient (Wildman–Crippen LogP) is 4.23. The molecule has 0 unspecified atom stereocenters. The first-order valence-electron chi connectivity index (χ1n) is 9.61. The molecular formula is C21H24ClN3O2.